The van der Waals surface area contributed by atoms with Gasteiger partial charge in [0.05, 0.1) is 32.6 Å². The average molecular weight is 487 g/mol. The van der Waals surface area contributed by atoms with Gasteiger partial charge in [-0.1, -0.05) is 25.1 Å². The number of carbonyl (C=O) groups is 2. The summed E-state index contributed by atoms with van der Waals surface area (Å²) < 4.78 is 0.944. The fraction of sp³-hybridized carbons (Fsp3) is 0.308. The maximum Gasteiger partial charge on any atom is 0.261 e. The fourth-order valence-electron chi connectivity index (χ4n) is 5.28. The molecule has 0 atom stereocenters. The number of anilines is 1. The smallest absolute Gasteiger partial charge is 0.261 e. The van der Waals surface area contributed by atoms with Crippen LogP contribution < -0.4 is 15.5 Å². The van der Waals surface area contributed by atoms with Crippen LogP contribution in [0, 0.1) is 0 Å². The number of fused-ring (bicyclic) bond motifs is 2. The van der Waals surface area contributed by atoms with Crippen molar-refractivity contribution in [3.63, 3.8) is 0 Å². The standard InChI is InChI=1S/C26H26N6O2S/c1-3-26(27-2)9-11-32(12-10-26)25-29-17-7-5-4-6-15(17)21(30-25)20-19(23(33)31-24(20)34)16-14-28-18-8-13-35-22(16)18/h4-8,13-14,27-28H,3,9-12H2,1-2H3,(H,31,33,34). The summed E-state index contributed by atoms with van der Waals surface area (Å²) in [6.07, 6.45) is 4.83. The van der Waals surface area contributed by atoms with Crippen molar-refractivity contribution in [3.05, 3.63) is 53.2 Å². The molecule has 1 saturated heterocycles. The molecule has 5 heterocycles. The van der Waals surface area contributed by atoms with Crippen molar-refractivity contribution in [2.24, 2.45) is 0 Å². The summed E-state index contributed by atoms with van der Waals surface area (Å²) in [5.74, 6) is -0.235. The first-order valence-electron chi connectivity index (χ1n) is 11.9. The van der Waals surface area contributed by atoms with Gasteiger partial charge in [0.15, 0.2) is 0 Å². The molecule has 0 aliphatic carbocycles. The number of amides is 2. The van der Waals surface area contributed by atoms with Gasteiger partial charge < -0.3 is 15.2 Å². The van der Waals surface area contributed by atoms with Crippen molar-refractivity contribution in [2.45, 2.75) is 31.7 Å². The summed E-state index contributed by atoms with van der Waals surface area (Å²) in [5.41, 5.74) is 3.70. The van der Waals surface area contributed by atoms with Crippen molar-refractivity contribution in [1.29, 1.82) is 0 Å². The highest BCUT2D eigenvalue weighted by molar-refractivity contribution is 7.17. The predicted octanol–water partition coefficient (Wildman–Crippen LogP) is 3.71. The van der Waals surface area contributed by atoms with Crippen molar-refractivity contribution in [3.8, 4) is 0 Å². The molecular weight excluding hydrogens is 460 g/mol. The number of rotatable bonds is 5. The molecule has 0 radical (unpaired) electrons. The molecule has 1 aromatic carbocycles. The first kappa shape index (κ1) is 21.9. The lowest BCUT2D eigenvalue weighted by molar-refractivity contribution is -0.122. The Labute approximate surface area is 206 Å². The SMILES string of the molecule is CCC1(NC)CCN(c2nc(C3=C(c4c[nH]c5ccsc45)C(=O)NC3=O)c3ccccc3n2)CC1. The van der Waals surface area contributed by atoms with Crippen LogP contribution in [0.3, 0.4) is 0 Å². The van der Waals surface area contributed by atoms with E-state index in [9.17, 15) is 9.59 Å². The Bertz CT molecular complexity index is 1500. The molecule has 0 unspecified atom stereocenters. The van der Waals surface area contributed by atoms with E-state index in [1.807, 2.05) is 42.8 Å². The van der Waals surface area contributed by atoms with E-state index in [2.05, 4.69) is 27.4 Å². The number of thiophene rings is 1. The number of hydrogen-bond donors (Lipinski definition) is 3. The minimum absolute atomic E-state index is 0.129. The number of nitrogens with zero attached hydrogens (tertiary/aromatic N) is 3. The van der Waals surface area contributed by atoms with Gasteiger partial charge in [-0.05, 0) is 43.8 Å². The molecule has 2 aliphatic rings. The molecule has 3 N–H and O–H groups in total. The zero-order chi connectivity index (χ0) is 24.2. The maximum absolute atomic E-state index is 13.2. The molecular formula is C26H26N6O2S. The summed E-state index contributed by atoms with van der Waals surface area (Å²) in [6.45, 7) is 3.85. The second-order valence-corrected chi connectivity index (χ2v) is 10.1. The third kappa shape index (κ3) is 3.45. The number of carbonyl (C=O) groups excluding carboxylic acids is 2. The summed E-state index contributed by atoms with van der Waals surface area (Å²) in [5, 5.41) is 8.73. The minimum Gasteiger partial charge on any atom is -0.360 e. The third-order valence-corrected chi connectivity index (χ3v) is 8.47. The molecule has 0 spiro atoms. The number of imide groups is 1. The lowest BCUT2D eigenvalue weighted by Crippen LogP contribution is -2.52. The van der Waals surface area contributed by atoms with Gasteiger partial charge in [-0.3, -0.25) is 14.9 Å². The molecule has 0 bridgehead atoms. The molecule has 1 fully saturated rings. The number of hydrogen-bond acceptors (Lipinski definition) is 7. The van der Waals surface area contributed by atoms with Gasteiger partial charge >= 0.3 is 0 Å². The van der Waals surface area contributed by atoms with E-state index in [0.29, 0.717) is 22.8 Å². The first-order valence-corrected chi connectivity index (χ1v) is 12.8. The van der Waals surface area contributed by atoms with Gasteiger partial charge in [-0.15, -0.1) is 11.3 Å². The summed E-state index contributed by atoms with van der Waals surface area (Å²) in [7, 11) is 2.03. The number of piperidine rings is 1. The van der Waals surface area contributed by atoms with Crippen LogP contribution in [-0.2, 0) is 9.59 Å². The summed E-state index contributed by atoms with van der Waals surface area (Å²) in [6, 6.07) is 9.64. The predicted molar refractivity (Wildman–Crippen MR) is 139 cm³/mol. The Morgan fingerprint density at radius 3 is 2.63 bits per heavy atom. The average Bonchev–Trinajstić information content (AvgIpc) is 3.58. The third-order valence-electron chi connectivity index (χ3n) is 7.52. The lowest BCUT2D eigenvalue weighted by atomic mass is 9.85. The van der Waals surface area contributed by atoms with Crippen LogP contribution in [0.5, 0.6) is 0 Å². The van der Waals surface area contributed by atoms with Gasteiger partial charge in [-0.25, -0.2) is 9.97 Å². The van der Waals surface area contributed by atoms with Crippen LogP contribution in [0.4, 0.5) is 5.95 Å². The number of aromatic nitrogens is 3. The molecule has 8 nitrogen and oxygen atoms in total. The van der Waals surface area contributed by atoms with E-state index in [-0.39, 0.29) is 5.54 Å². The van der Waals surface area contributed by atoms with Crippen LogP contribution in [0.1, 0.15) is 37.4 Å². The lowest BCUT2D eigenvalue weighted by Gasteiger charge is -2.41. The second-order valence-electron chi connectivity index (χ2n) is 9.16. The molecule has 0 saturated carbocycles. The van der Waals surface area contributed by atoms with E-state index in [4.69, 9.17) is 9.97 Å². The van der Waals surface area contributed by atoms with Crippen LogP contribution >= 0.6 is 11.3 Å². The van der Waals surface area contributed by atoms with Gasteiger partial charge in [0, 0.05) is 35.8 Å². The molecule has 35 heavy (non-hydrogen) atoms. The van der Waals surface area contributed by atoms with Crippen LogP contribution in [0.2, 0.25) is 0 Å². The van der Waals surface area contributed by atoms with E-state index in [0.717, 1.165) is 59.0 Å². The zero-order valence-electron chi connectivity index (χ0n) is 19.6. The Hall–Kier alpha value is -3.56. The molecule has 178 valence electrons. The Balaban J connectivity index is 1.52. The summed E-state index contributed by atoms with van der Waals surface area (Å²) >= 11 is 1.54. The number of benzene rings is 1. The highest BCUT2D eigenvalue weighted by Crippen LogP contribution is 2.39. The molecule has 2 amide bonds. The zero-order valence-corrected chi connectivity index (χ0v) is 20.5. The van der Waals surface area contributed by atoms with Gasteiger partial charge in [0.1, 0.15) is 0 Å². The highest BCUT2D eigenvalue weighted by Gasteiger charge is 2.37. The van der Waals surface area contributed by atoms with Gasteiger partial charge in [-0.2, -0.15) is 0 Å². The largest absolute Gasteiger partial charge is 0.360 e. The van der Waals surface area contributed by atoms with Crippen LogP contribution in [0.25, 0.3) is 32.3 Å². The van der Waals surface area contributed by atoms with Crippen LogP contribution in [0.15, 0.2) is 41.9 Å². The second kappa shape index (κ2) is 8.28. The normalized spacial score (nSPS) is 18.2. The Kier molecular flexibility index (Phi) is 5.19. The Morgan fingerprint density at radius 2 is 1.86 bits per heavy atom. The number of H-pyrrole nitrogens is 1. The first-order chi connectivity index (χ1) is 17.0. The van der Waals surface area contributed by atoms with Crippen molar-refractivity contribution >= 4 is 61.4 Å². The highest BCUT2D eigenvalue weighted by atomic mass is 32.1. The van der Waals surface area contributed by atoms with E-state index < -0.39 is 11.8 Å². The van der Waals surface area contributed by atoms with E-state index in [1.165, 1.54) is 11.3 Å². The Morgan fingerprint density at radius 1 is 1.09 bits per heavy atom. The summed E-state index contributed by atoms with van der Waals surface area (Å²) in [4.78, 5) is 41.4. The number of aromatic amines is 1. The number of nitrogens with one attached hydrogen (secondary N) is 3. The maximum atomic E-state index is 13.2. The molecule has 6 rings (SSSR count). The minimum atomic E-state index is -0.426. The quantitative estimate of drug-likeness (QED) is 0.372. The fourth-order valence-corrected chi connectivity index (χ4v) is 6.16. The molecule has 9 heteroatoms. The number of para-hydroxylation sites is 1. The van der Waals surface area contributed by atoms with Gasteiger partial charge in [0.25, 0.3) is 11.8 Å². The van der Waals surface area contributed by atoms with Crippen molar-refractivity contribution in [1.82, 2.24) is 25.6 Å². The van der Waals surface area contributed by atoms with Crippen molar-refractivity contribution in [2.75, 3.05) is 25.0 Å². The van der Waals surface area contributed by atoms with Crippen molar-refractivity contribution < 1.29 is 9.59 Å². The topological polar surface area (TPSA) is 103 Å². The molecule has 3 aromatic heterocycles. The monoisotopic (exact) mass is 486 g/mol. The van der Waals surface area contributed by atoms with E-state index in [1.54, 1.807) is 6.20 Å². The van der Waals surface area contributed by atoms with E-state index >= 15 is 0 Å². The molecule has 2 aliphatic heterocycles. The van der Waals surface area contributed by atoms with Crippen LogP contribution in [-0.4, -0.2) is 52.4 Å². The molecule has 4 aromatic rings. The van der Waals surface area contributed by atoms with Gasteiger partial charge in [0.2, 0.25) is 5.95 Å².